The molecular formula is C21H25Cl2N5O4. The summed E-state index contributed by atoms with van der Waals surface area (Å²) in [6, 6.07) is 4.96. The number of nitrogens with one attached hydrogen (secondary N) is 1. The number of nitrogens with zero attached hydrogens (tertiary/aromatic N) is 4. The number of aromatic nitrogens is 4. The van der Waals surface area contributed by atoms with Crippen molar-refractivity contribution < 1.29 is 10.2 Å². The van der Waals surface area contributed by atoms with Crippen LogP contribution in [0.25, 0.3) is 11.2 Å². The fourth-order valence-corrected chi connectivity index (χ4v) is 4.67. The fourth-order valence-electron chi connectivity index (χ4n) is 4.34. The average molecular weight is 482 g/mol. The van der Waals surface area contributed by atoms with Crippen molar-refractivity contribution in [1.29, 1.82) is 0 Å². The molecule has 0 spiro atoms. The van der Waals surface area contributed by atoms with Crippen LogP contribution >= 0.6 is 23.2 Å². The van der Waals surface area contributed by atoms with E-state index in [1.807, 2.05) is 0 Å². The number of benzene rings is 1. The average Bonchev–Trinajstić information content (AvgIpc) is 3.08. The van der Waals surface area contributed by atoms with Crippen molar-refractivity contribution >= 4 is 40.3 Å². The second kappa shape index (κ2) is 8.90. The van der Waals surface area contributed by atoms with Gasteiger partial charge in [-0.15, -0.1) is 0 Å². The SMILES string of the molecule is Cn1c(N[C@H]2CCC[C@H](C(O)O)C2)nc2c1c(=O)n(Cc1ccc(Cl)c(Cl)c1)c(=O)n2C. The van der Waals surface area contributed by atoms with Gasteiger partial charge in [0.2, 0.25) is 5.95 Å². The molecule has 2 atom stereocenters. The van der Waals surface area contributed by atoms with Gasteiger partial charge in [-0.1, -0.05) is 35.7 Å². The van der Waals surface area contributed by atoms with Gasteiger partial charge in [0.25, 0.3) is 5.56 Å². The highest BCUT2D eigenvalue weighted by Crippen LogP contribution is 2.28. The van der Waals surface area contributed by atoms with Gasteiger partial charge in [-0.25, -0.2) is 4.79 Å². The van der Waals surface area contributed by atoms with Crippen molar-refractivity contribution in [1.82, 2.24) is 18.7 Å². The Kier molecular flexibility index (Phi) is 6.35. The van der Waals surface area contributed by atoms with Crippen LogP contribution in [0.5, 0.6) is 0 Å². The van der Waals surface area contributed by atoms with Crippen LogP contribution in [0, 0.1) is 5.92 Å². The van der Waals surface area contributed by atoms with E-state index in [-0.39, 0.29) is 24.2 Å². The minimum atomic E-state index is -1.35. The molecule has 3 N–H and O–H groups in total. The summed E-state index contributed by atoms with van der Waals surface area (Å²) in [6.07, 6.45) is 1.70. The molecular weight excluding hydrogens is 457 g/mol. The number of hydrogen-bond donors (Lipinski definition) is 3. The van der Waals surface area contributed by atoms with Crippen molar-refractivity contribution in [2.45, 2.75) is 44.6 Å². The molecule has 172 valence electrons. The van der Waals surface area contributed by atoms with Crippen LogP contribution in [-0.4, -0.2) is 41.2 Å². The minimum Gasteiger partial charge on any atom is -0.368 e. The second-order valence-corrected chi connectivity index (χ2v) is 9.14. The number of rotatable bonds is 5. The van der Waals surface area contributed by atoms with E-state index in [4.69, 9.17) is 23.2 Å². The number of aliphatic hydroxyl groups is 2. The first-order valence-corrected chi connectivity index (χ1v) is 11.2. The maximum Gasteiger partial charge on any atom is 0.332 e. The first-order valence-electron chi connectivity index (χ1n) is 10.4. The largest absolute Gasteiger partial charge is 0.368 e. The normalized spacial score (nSPS) is 19.1. The molecule has 0 amide bonds. The fraction of sp³-hybridized carbons (Fsp3) is 0.476. The van der Waals surface area contributed by atoms with Crippen LogP contribution in [-0.2, 0) is 20.6 Å². The van der Waals surface area contributed by atoms with Gasteiger partial charge < -0.3 is 20.1 Å². The summed E-state index contributed by atoms with van der Waals surface area (Å²) in [4.78, 5) is 30.7. The quantitative estimate of drug-likeness (QED) is 0.480. The van der Waals surface area contributed by atoms with E-state index >= 15 is 0 Å². The van der Waals surface area contributed by atoms with Crippen molar-refractivity contribution in [2.24, 2.45) is 20.0 Å². The number of halogens is 2. The Hall–Kier alpha value is -2.33. The van der Waals surface area contributed by atoms with Crippen LogP contribution < -0.4 is 16.6 Å². The summed E-state index contributed by atoms with van der Waals surface area (Å²) in [7, 11) is 3.29. The molecule has 4 rings (SSSR count). The summed E-state index contributed by atoms with van der Waals surface area (Å²) < 4.78 is 4.13. The van der Waals surface area contributed by atoms with Crippen molar-refractivity contribution in [2.75, 3.05) is 5.32 Å². The number of aliphatic hydroxyl groups excluding tert-OH is 1. The van der Waals surface area contributed by atoms with E-state index in [1.54, 1.807) is 36.9 Å². The number of anilines is 1. The molecule has 1 aromatic carbocycles. The molecule has 0 bridgehead atoms. The lowest BCUT2D eigenvalue weighted by Crippen LogP contribution is -2.39. The first kappa shape index (κ1) is 22.8. The highest BCUT2D eigenvalue weighted by Gasteiger charge is 2.28. The lowest BCUT2D eigenvalue weighted by Gasteiger charge is -2.30. The van der Waals surface area contributed by atoms with Crippen LogP contribution in [0.2, 0.25) is 10.0 Å². The zero-order chi connectivity index (χ0) is 23.2. The Morgan fingerprint density at radius 3 is 2.59 bits per heavy atom. The molecule has 2 heterocycles. The molecule has 0 saturated heterocycles. The molecule has 9 nitrogen and oxygen atoms in total. The maximum absolute atomic E-state index is 13.3. The van der Waals surface area contributed by atoms with Crippen molar-refractivity contribution in [3.8, 4) is 0 Å². The molecule has 32 heavy (non-hydrogen) atoms. The van der Waals surface area contributed by atoms with Gasteiger partial charge >= 0.3 is 5.69 Å². The summed E-state index contributed by atoms with van der Waals surface area (Å²) in [6.45, 7) is 0.0466. The van der Waals surface area contributed by atoms with E-state index in [1.165, 1.54) is 4.57 Å². The van der Waals surface area contributed by atoms with Gasteiger partial charge in [-0.05, 0) is 37.0 Å². The third-order valence-electron chi connectivity index (χ3n) is 6.15. The lowest BCUT2D eigenvalue weighted by atomic mass is 9.85. The lowest BCUT2D eigenvalue weighted by molar-refractivity contribution is -0.0936. The topological polar surface area (TPSA) is 114 Å². The molecule has 1 aliphatic rings. The Morgan fingerprint density at radius 1 is 1.16 bits per heavy atom. The van der Waals surface area contributed by atoms with Gasteiger partial charge in [0.1, 0.15) is 0 Å². The Morgan fingerprint density at radius 2 is 1.91 bits per heavy atom. The molecule has 0 unspecified atom stereocenters. The predicted molar refractivity (Wildman–Crippen MR) is 123 cm³/mol. The van der Waals surface area contributed by atoms with Gasteiger partial charge in [0, 0.05) is 26.1 Å². The zero-order valence-corrected chi connectivity index (χ0v) is 19.3. The zero-order valence-electron chi connectivity index (χ0n) is 17.8. The first-order chi connectivity index (χ1) is 15.2. The highest BCUT2D eigenvalue weighted by molar-refractivity contribution is 6.42. The molecule has 3 aromatic rings. The summed E-state index contributed by atoms with van der Waals surface area (Å²) in [5.41, 5.74) is 0.312. The molecule has 0 aliphatic heterocycles. The summed E-state index contributed by atoms with van der Waals surface area (Å²) in [5.74, 6) is 0.251. The van der Waals surface area contributed by atoms with E-state index in [0.29, 0.717) is 33.5 Å². The third-order valence-corrected chi connectivity index (χ3v) is 6.89. The van der Waals surface area contributed by atoms with E-state index in [9.17, 15) is 19.8 Å². The molecule has 2 aromatic heterocycles. The minimum absolute atomic E-state index is 0.0125. The maximum atomic E-state index is 13.3. The highest BCUT2D eigenvalue weighted by atomic mass is 35.5. The van der Waals surface area contributed by atoms with Crippen LogP contribution in [0.3, 0.4) is 0 Å². The number of fused-ring (bicyclic) bond motifs is 1. The van der Waals surface area contributed by atoms with Gasteiger partial charge in [-0.2, -0.15) is 4.98 Å². The van der Waals surface area contributed by atoms with Gasteiger partial charge in [-0.3, -0.25) is 13.9 Å². The number of imidazole rings is 1. The van der Waals surface area contributed by atoms with E-state index in [2.05, 4.69) is 10.3 Å². The summed E-state index contributed by atoms with van der Waals surface area (Å²) in [5, 5.41) is 23.1. The van der Waals surface area contributed by atoms with Crippen molar-refractivity contribution in [3.63, 3.8) is 0 Å². The third kappa shape index (κ3) is 4.17. The van der Waals surface area contributed by atoms with Gasteiger partial charge in [0.15, 0.2) is 17.5 Å². The Bertz CT molecular complexity index is 1280. The molecule has 1 saturated carbocycles. The number of hydrogen-bond acceptors (Lipinski definition) is 6. The van der Waals surface area contributed by atoms with Gasteiger partial charge in [0.05, 0.1) is 16.6 Å². The Balaban J connectivity index is 1.72. The van der Waals surface area contributed by atoms with Crippen LogP contribution in [0.1, 0.15) is 31.2 Å². The number of aryl methyl sites for hydroxylation is 2. The summed E-state index contributed by atoms with van der Waals surface area (Å²) >= 11 is 12.0. The van der Waals surface area contributed by atoms with Crippen LogP contribution in [0.15, 0.2) is 27.8 Å². The van der Waals surface area contributed by atoms with Crippen molar-refractivity contribution in [3.05, 3.63) is 54.6 Å². The van der Waals surface area contributed by atoms with Crippen LogP contribution in [0.4, 0.5) is 5.95 Å². The monoisotopic (exact) mass is 481 g/mol. The van der Waals surface area contributed by atoms with E-state index < -0.39 is 17.5 Å². The molecule has 1 fully saturated rings. The Labute approximate surface area is 193 Å². The standard InChI is InChI=1S/C21H25Cl2N5O4/c1-26-16-17(25-20(26)24-13-5-3-4-12(9-13)19(30)31)27(2)21(32)28(18(16)29)10-11-6-7-14(22)15(23)8-11/h6-8,12-13,19,30-31H,3-5,9-10H2,1-2H3,(H,24,25)/t12-,13-/m0/s1. The predicted octanol–water partition coefficient (Wildman–Crippen LogP) is 2.07. The smallest absolute Gasteiger partial charge is 0.332 e. The molecule has 0 radical (unpaired) electrons. The molecule has 11 heteroatoms. The van der Waals surface area contributed by atoms with E-state index in [0.717, 1.165) is 23.8 Å². The molecule has 1 aliphatic carbocycles. The second-order valence-electron chi connectivity index (χ2n) is 8.33.